The lowest BCUT2D eigenvalue weighted by Gasteiger charge is -2.46. The number of thiophene rings is 1. The van der Waals surface area contributed by atoms with Gasteiger partial charge in [0.05, 0.1) is 11.8 Å². The molecule has 3 aromatic rings. The summed E-state index contributed by atoms with van der Waals surface area (Å²) in [6, 6.07) is 8.10. The monoisotopic (exact) mass is 423 g/mol. The van der Waals surface area contributed by atoms with Crippen molar-refractivity contribution in [2.24, 2.45) is 5.92 Å². The average molecular weight is 423 g/mol. The summed E-state index contributed by atoms with van der Waals surface area (Å²) in [6.07, 6.45) is 3.69. The predicted octanol–water partition coefficient (Wildman–Crippen LogP) is 2.62. The molecule has 5 heterocycles. The zero-order valence-corrected chi connectivity index (χ0v) is 17.0. The number of carbonyl (C=O) groups excluding carboxylic acids is 2. The fourth-order valence-corrected chi connectivity index (χ4v) is 5.36. The normalized spacial score (nSPS) is 22.4. The van der Waals surface area contributed by atoms with Gasteiger partial charge in [-0.1, -0.05) is 6.07 Å². The molecule has 1 fully saturated rings. The van der Waals surface area contributed by atoms with Crippen LogP contribution in [0.2, 0.25) is 0 Å². The van der Waals surface area contributed by atoms with Gasteiger partial charge in [-0.25, -0.2) is 0 Å². The molecule has 0 saturated carbocycles. The first kappa shape index (κ1) is 18.9. The summed E-state index contributed by atoms with van der Waals surface area (Å²) in [4.78, 5) is 40.7. The number of amides is 2. The molecule has 1 saturated heterocycles. The van der Waals surface area contributed by atoms with Crippen LogP contribution in [0.4, 0.5) is 0 Å². The van der Waals surface area contributed by atoms with Crippen LogP contribution in [0.15, 0.2) is 62.8 Å². The molecule has 1 N–H and O–H groups in total. The Hall–Kier alpha value is -3.13. The number of aromatic nitrogens is 1. The molecule has 0 aromatic carbocycles. The van der Waals surface area contributed by atoms with Crippen LogP contribution >= 0.6 is 11.3 Å². The zero-order chi connectivity index (χ0) is 20.7. The molecule has 2 aliphatic rings. The van der Waals surface area contributed by atoms with Crippen molar-refractivity contribution in [1.82, 2.24) is 14.8 Å². The summed E-state index contributed by atoms with van der Waals surface area (Å²) in [7, 11) is 0. The summed E-state index contributed by atoms with van der Waals surface area (Å²) >= 11 is 1.58. The van der Waals surface area contributed by atoms with Crippen LogP contribution in [0, 0.1) is 5.92 Å². The molecular weight excluding hydrogens is 402 g/mol. The molecule has 3 atom stereocenters. The van der Waals surface area contributed by atoms with Gasteiger partial charge in [-0.15, -0.1) is 0 Å². The number of carbonyl (C=O) groups is 2. The van der Waals surface area contributed by atoms with Gasteiger partial charge >= 0.3 is 0 Å². The minimum Gasteiger partial charge on any atom is -0.472 e. The first-order chi connectivity index (χ1) is 14.6. The highest BCUT2D eigenvalue weighted by atomic mass is 32.1. The Bertz CT molecular complexity index is 1120. The van der Waals surface area contributed by atoms with E-state index in [1.807, 2.05) is 22.9 Å². The molecule has 7 nitrogen and oxygen atoms in total. The van der Waals surface area contributed by atoms with Crippen molar-refractivity contribution in [1.29, 1.82) is 0 Å². The van der Waals surface area contributed by atoms with Gasteiger partial charge in [-0.3, -0.25) is 19.0 Å². The van der Waals surface area contributed by atoms with E-state index >= 15 is 0 Å². The van der Waals surface area contributed by atoms with Gasteiger partial charge in [-0.2, -0.15) is 11.3 Å². The van der Waals surface area contributed by atoms with Gasteiger partial charge in [0, 0.05) is 43.2 Å². The maximum Gasteiger partial charge on any atom is 0.257 e. The van der Waals surface area contributed by atoms with E-state index in [4.69, 9.17) is 4.42 Å². The molecular formula is C22H21N3O4S. The Labute approximate surface area is 176 Å². The SMILES string of the molecule is O=C(NCc1ccsc1)[C@H]1[C@@H]2C[C@@H](CN(C(=O)c3ccoc3)C2)c2cccc(=O)n21. The molecule has 0 spiro atoms. The first-order valence-corrected chi connectivity index (χ1v) is 10.9. The molecule has 154 valence electrons. The number of fused-ring (bicyclic) bond motifs is 4. The van der Waals surface area contributed by atoms with Crippen LogP contribution in [0.25, 0.3) is 0 Å². The molecule has 0 aliphatic carbocycles. The Morgan fingerprint density at radius 1 is 1.20 bits per heavy atom. The van der Waals surface area contributed by atoms with E-state index in [1.165, 1.54) is 18.6 Å². The van der Waals surface area contributed by atoms with Crippen LogP contribution in [0.3, 0.4) is 0 Å². The second-order valence-electron chi connectivity index (χ2n) is 7.87. The third kappa shape index (κ3) is 3.27. The predicted molar refractivity (Wildman–Crippen MR) is 111 cm³/mol. The van der Waals surface area contributed by atoms with Crippen LogP contribution in [-0.2, 0) is 11.3 Å². The van der Waals surface area contributed by atoms with Crippen LogP contribution in [-0.4, -0.2) is 34.4 Å². The van der Waals surface area contributed by atoms with Crippen molar-refractivity contribution in [3.63, 3.8) is 0 Å². The summed E-state index contributed by atoms with van der Waals surface area (Å²) in [5, 5.41) is 6.94. The maximum atomic E-state index is 13.2. The highest BCUT2D eigenvalue weighted by Gasteiger charge is 2.44. The highest BCUT2D eigenvalue weighted by Crippen LogP contribution is 2.41. The van der Waals surface area contributed by atoms with E-state index in [2.05, 4.69) is 5.32 Å². The zero-order valence-electron chi connectivity index (χ0n) is 16.2. The highest BCUT2D eigenvalue weighted by molar-refractivity contribution is 7.07. The third-order valence-electron chi connectivity index (χ3n) is 6.02. The van der Waals surface area contributed by atoms with Crippen molar-refractivity contribution in [3.8, 4) is 0 Å². The van der Waals surface area contributed by atoms with E-state index in [0.29, 0.717) is 25.2 Å². The summed E-state index contributed by atoms with van der Waals surface area (Å²) in [5.74, 6) is -0.400. The number of pyridine rings is 1. The number of hydrogen-bond donors (Lipinski definition) is 1. The topological polar surface area (TPSA) is 84.6 Å². The standard InChI is InChI=1S/C22H21N3O4S/c26-19-3-1-2-18-16-8-17(11-24(10-16)22(28)15-4-6-29-12-15)20(25(18)19)21(27)23-9-14-5-7-30-13-14/h1-7,12-13,16-17,20H,8-11H2,(H,23,27)/t16-,17+,20+/m0/s1. The Kier molecular flexibility index (Phi) is 4.78. The quantitative estimate of drug-likeness (QED) is 0.699. The van der Waals surface area contributed by atoms with Gasteiger partial charge in [0.1, 0.15) is 12.3 Å². The number of nitrogens with one attached hydrogen (secondary N) is 1. The lowest BCUT2D eigenvalue weighted by atomic mass is 9.78. The number of furan rings is 1. The van der Waals surface area contributed by atoms with Gasteiger partial charge in [0.2, 0.25) is 5.91 Å². The van der Waals surface area contributed by atoms with E-state index in [-0.39, 0.29) is 29.2 Å². The maximum absolute atomic E-state index is 13.2. The Balaban J connectivity index is 1.47. The molecule has 8 heteroatoms. The number of likely N-dealkylation sites (tertiary alicyclic amines) is 1. The van der Waals surface area contributed by atoms with Crippen LogP contribution in [0.5, 0.6) is 0 Å². The Morgan fingerprint density at radius 3 is 2.87 bits per heavy atom. The fourth-order valence-electron chi connectivity index (χ4n) is 4.69. The molecule has 3 aromatic heterocycles. The molecule has 2 aliphatic heterocycles. The summed E-state index contributed by atoms with van der Waals surface area (Å²) < 4.78 is 6.70. The second-order valence-corrected chi connectivity index (χ2v) is 8.65. The molecule has 2 bridgehead atoms. The lowest BCUT2D eigenvalue weighted by molar-refractivity contribution is -0.127. The van der Waals surface area contributed by atoms with E-state index in [0.717, 1.165) is 17.7 Å². The number of piperidine rings is 1. The number of rotatable bonds is 4. The van der Waals surface area contributed by atoms with E-state index < -0.39 is 6.04 Å². The van der Waals surface area contributed by atoms with E-state index in [1.54, 1.807) is 32.9 Å². The van der Waals surface area contributed by atoms with Crippen molar-refractivity contribution < 1.29 is 14.0 Å². The van der Waals surface area contributed by atoms with Gasteiger partial charge in [0.25, 0.3) is 11.5 Å². The third-order valence-corrected chi connectivity index (χ3v) is 6.75. The summed E-state index contributed by atoms with van der Waals surface area (Å²) in [6.45, 7) is 1.37. The van der Waals surface area contributed by atoms with Crippen LogP contribution in [0.1, 0.15) is 40.0 Å². The average Bonchev–Trinajstić information content (AvgIpc) is 3.46. The smallest absolute Gasteiger partial charge is 0.257 e. The van der Waals surface area contributed by atoms with Crippen molar-refractivity contribution in [2.75, 3.05) is 13.1 Å². The van der Waals surface area contributed by atoms with Gasteiger partial charge in [0.15, 0.2) is 0 Å². The minimum atomic E-state index is -0.636. The van der Waals surface area contributed by atoms with Crippen LogP contribution < -0.4 is 10.9 Å². The fraction of sp³-hybridized carbons (Fsp3) is 0.318. The van der Waals surface area contributed by atoms with E-state index in [9.17, 15) is 14.4 Å². The lowest BCUT2D eigenvalue weighted by Crippen LogP contribution is -2.54. The second kappa shape index (κ2) is 7.60. The number of nitrogens with zero attached hydrogens (tertiary/aromatic N) is 2. The molecule has 2 amide bonds. The molecule has 30 heavy (non-hydrogen) atoms. The first-order valence-electron chi connectivity index (χ1n) is 9.93. The minimum absolute atomic E-state index is 0.0226. The van der Waals surface area contributed by atoms with Gasteiger partial charge in [-0.05, 0) is 40.9 Å². The van der Waals surface area contributed by atoms with Crippen molar-refractivity contribution in [2.45, 2.75) is 24.9 Å². The summed E-state index contributed by atoms with van der Waals surface area (Å²) in [5.41, 5.74) is 2.17. The largest absolute Gasteiger partial charge is 0.472 e. The van der Waals surface area contributed by atoms with Crippen molar-refractivity contribution >= 4 is 23.2 Å². The Morgan fingerprint density at radius 2 is 2.10 bits per heavy atom. The molecule has 0 unspecified atom stereocenters. The molecule has 0 radical (unpaired) electrons. The number of hydrogen-bond acceptors (Lipinski definition) is 5. The van der Waals surface area contributed by atoms with Crippen molar-refractivity contribution in [3.05, 3.63) is 80.8 Å². The molecule has 5 rings (SSSR count). The van der Waals surface area contributed by atoms with Gasteiger partial charge < -0.3 is 14.6 Å².